The number of aryl methyl sites for hydroxylation is 1. The van der Waals surface area contributed by atoms with Gasteiger partial charge in [0, 0.05) is 5.56 Å². The van der Waals surface area contributed by atoms with E-state index >= 15 is 0 Å². The second kappa shape index (κ2) is 4.71. The fourth-order valence-electron chi connectivity index (χ4n) is 2.97. The van der Waals surface area contributed by atoms with Crippen molar-refractivity contribution in [1.82, 2.24) is 9.38 Å². The molecule has 0 saturated carbocycles. The molecule has 0 spiro atoms. The molecule has 0 aliphatic rings. The van der Waals surface area contributed by atoms with Crippen molar-refractivity contribution < 1.29 is 0 Å². The van der Waals surface area contributed by atoms with Crippen LogP contribution >= 0.6 is 0 Å². The fourth-order valence-corrected chi connectivity index (χ4v) is 2.97. The second-order valence-corrected chi connectivity index (χ2v) is 5.33. The van der Waals surface area contributed by atoms with Gasteiger partial charge in [-0.15, -0.1) is 0 Å². The van der Waals surface area contributed by atoms with Gasteiger partial charge in [0.1, 0.15) is 11.9 Å². The van der Waals surface area contributed by atoms with Gasteiger partial charge >= 0.3 is 0 Å². The van der Waals surface area contributed by atoms with Crippen LogP contribution in [-0.2, 0) is 0 Å². The molecular formula is C19H13N3. The largest absolute Gasteiger partial charge is 0.291 e. The molecule has 0 unspecified atom stereocenters. The van der Waals surface area contributed by atoms with Crippen LogP contribution in [0.25, 0.3) is 27.8 Å². The Labute approximate surface area is 128 Å². The third kappa shape index (κ3) is 1.71. The van der Waals surface area contributed by atoms with Crippen LogP contribution in [0.1, 0.15) is 11.3 Å². The Bertz CT molecular complexity index is 1040. The van der Waals surface area contributed by atoms with E-state index in [1.807, 2.05) is 42.5 Å². The molecule has 104 valence electrons. The van der Waals surface area contributed by atoms with E-state index in [0.717, 1.165) is 27.8 Å². The van der Waals surface area contributed by atoms with Gasteiger partial charge in [0.2, 0.25) is 0 Å². The van der Waals surface area contributed by atoms with E-state index < -0.39 is 0 Å². The summed E-state index contributed by atoms with van der Waals surface area (Å²) in [4.78, 5) is 4.57. The number of fused-ring (bicyclic) bond motifs is 3. The van der Waals surface area contributed by atoms with E-state index in [9.17, 15) is 5.26 Å². The standard InChI is InChI=1S/C19H13N3/c1-13-6-5-9-14-10-11-17-16(12-20)21-19(22(17)18(13)14)15-7-3-2-4-8-15/h2-11H,1H3. The van der Waals surface area contributed by atoms with Crippen LogP contribution in [0.15, 0.2) is 60.7 Å². The van der Waals surface area contributed by atoms with Gasteiger partial charge in [-0.1, -0.05) is 54.6 Å². The lowest BCUT2D eigenvalue weighted by Gasteiger charge is -2.08. The highest BCUT2D eigenvalue weighted by molar-refractivity contribution is 5.88. The predicted octanol–water partition coefficient (Wildman–Crippen LogP) is 4.33. The lowest BCUT2D eigenvalue weighted by atomic mass is 10.1. The first kappa shape index (κ1) is 12.6. The van der Waals surface area contributed by atoms with Crippen LogP contribution in [0.5, 0.6) is 0 Å². The van der Waals surface area contributed by atoms with Gasteiger partial charge in [-0.3, -0.25) is 4.40 Å². The molecule has 0 aliphatic carbocycles. The van der Waals surface area contributed by atoms with Gasteiger partial charge in [-0.2, -0.15) is 5.26 Å². The normalized spacial score (nSPS) is 10.9. The summed E-state index contributed by atoms with van der Waals surface area (Å²) in [7, 11) is 0. The minimum atomic E-state index is 0.462. The average Bonchev–Trinajstić information content (AvgIpc) is 2.94. The van der Waals surface area contributed by atoms with Gasteiger partial charge in [0.25, 0.3) is 0 Å². The fraction of sp³-hybridized carbons (Fsp3) is 0.0526. The molecule has 2 aromatic carbocycles. The minimum Gasteiger partial charge on any atom is -0.291 e. The molecule has 0 amide bonds. The summed E-state index contributed by atoms with van der Waals surface area (Å²) in [6.07, 6.45) is 0. The molecule has 0 aliphatic heterocycles. The number of benzene rings is 2. The number of pyridine rings is 1. The molecule has 2 heterocycles. The third-order valence-corrected chi connectivity index (χ3v) is 3.96. The zero-order chi connectivity index (χ0) is 15.1. The van der Waals surface area contributed by atoms with Crippen LogP contribution in [-0.4, -0.2) is 9.38 Å². The number of nitriles is 1. The Morgan fingerprint density at radius 1 is 0.955 bits per heavy atom. The molecule has 22 heavy (non-hydrogen) atoms. The number of hydrogen-bond acceptors (Lipinski definition) is 2. The quantitative estimate of drug-likeness (QED) is 0.521. The van der Waals surface area contributed by atoms with Crippen LogP contribution in [0.4, 0.5) is 0 Å². The first-order valence-electron chi connectivity index (χ1n) is 7.16. The molecule has 0 fully saturated rings. The SMILES string of the molecule is Cc1cccc2ccc3c(C#N)nc(-c4ccccc4)n3c12. The van der Waals surface area contributed by atoms with Gasteiger partial charge < -0.3 is 0 Å². The first-order chi connectivity index (χ1) is 10.8. The maximum absolute atomic E-state index is 9.41. The van der Waals surface area contributed by atoms with Crippen LogP contribution in [0.3, 0.4) is 0 Å². The Morgan fingerprint density at radius 2 is 1.77 bits per heavy atom. The summed E-state index contributed by atoms with van der Waals surface area (Å²) in [6.45, 7) is 2.09. The molecule has 3 nitrogen and oxygen atoms in total. The molecular weight excluding hydrogens is 270 g/mol. The van der Waals surface area contributed by atoms with Crippen molar-refractivity contribution >= 4 is 16.4 Å². The number of hydrogen-bond donors (Lipinski definition) is 0. The molecule has 0 N–H and O–H groups in total. The molecule has 0 radical (unpaired) electrons. The minimum absolute atomic E-state index is 0.462. The number of rotatable bonds is 1. The van der Waals surface area contributed by atoms with Crippen molar-refractivity contribution in [2.45, 2.75) is 6.92 Å². The highest BCUT2D eigenvalue weighted by atomic mass is 15.0. The zero-order valence-electron chi connectivity index (χ0n) is 12.1. The van der Waals surface area contributed by atoms with Gasteiger partial charge in [0.05, 0.1) is 11.0 Å². The molecule has 4 aromatic rings. The number of nitrogens with zero attached hydrogens (tertiary/aromatic N) is 3. The number of aromatic nitrogens is 2. The maximum Gasteiger partial charge on any atom is 0.166 e. The van der Waals surface area contributed by atoms with Gasteiger partial charge in [-0.25, -0.2) is 4.98 Å². The van der Waals surface area contributed by atoms with Gasteiger partial charge in [-0.05, 0) is 23.9 Å². The molecule has 0 bridgehead atoms. The Kier molecular flexibility index (Phi) is 2.70. The smallest absolute Gasteiger partial charge is 0.166 e. The first-order valence-corrected chi connectivity index (χ1v) is 7.16. The number of imidazole rings is 1. The van der Waals surface area contributed by atoms with Crippen molar-refractivity contribution in [2.24, 2.45) is 0 Å². The monoisotopic (exact) mass is 283 g/mol. The zero-order valence-corrected chi connectivity index (χ0v) is 12.1. The van der Waals surface area contributed by atoms with E-state index in [4.69, 9.17) is 0 Å². The summed E-state index contributed by atoms with van der Waals surface area (Å²) in [5.74, 6) is 0.812. The third-order valence-electron chi connectivity index (χ3n) is 3.96. The molecule has 2 aromatic heterocycles. The summed E-state index contributed by atoms with van der Waals surface area (Å²) >= 11 is 0. The molecule has 4 rings (SSSR count). The topological polar surface area (TPSA) is 41.1 Å². The molecule has 0 saturated heterocycles. The highest BCUT2D eigenvalue weighted by Crippen LogP contribution is 2.28. The predicted molar refractivity (Wildman–Crippen MR) is 87.6 cm³/mol. The Balaban J connectivity index is 2.24. The van der Waals surface area contributed by atoms with Gasteiger partial charge in [0.15, 0.2) is 5.69 Å². The summed E-state index contributed by atoms with van der Waals surface area (Å²) < 4.78 is 2.10. The highest BCUT2D eigenvalue weighted by Gasteiger charge is 2.15. The maximum atomic E-state index is 9.41. The molecule has 3 heteroatoms. The van der Waals surface area contributed by atoms with Crippen molar-refractivity contribution in [3.8, 4) is 17.5 Å². The average molecular weight is 283 g/mol. The van der Waals surface area contributed by atoms with E-state index in [2.05, 4.69) is 40.6 Å². The second-order valence-electron chi connectivity index (χ2n) is 5.33. The van der Waals surface area contributed by atoms with E-state index in [-0.39, 0.29) is 0 Å². The van der Waals surface area contributed by atoms with E-state index in [1.165, 1.54) is 5.56 Å². The van der Waals surface area contributed by atoms with Crippen LogP contribution in [0.2, 0.25) is 0 Å². The summed E-state index contributed by atoms with van der Waals surface area (Å²) in [6, 6.07) is 22.5. The van der Waals surface area contributed by atoms with Crippen molar-refractivity contribution in [3.05, 3.63) is 71.9 Å². The molecule has 0 atom stereocenters. The number of para-hydroxylation sites is 1. The lowest BCUT2D eigenvalue weighted by molar-refractivity contribution is 1.20. The van der Waals surface area contributed by atoms with Crippen molar-refractivity contribution in [1.29, 1.82) is 5.26 Å². The van der Waals surface area contributed by atoms with Crippen LogP contribution in [0, 0.1) is 18.3 Å². The van der Waals surface area contributed by atoms with Crippen molar-refractivity contribution in [2.75, 3.05) is 0 Å². The summed E-state index contributed by atoms with van der Waals surface area (Å²) in [5.41, 5.74) is 4.59. The lowest BCUT2D eigenvalue weighted by Crippen LogP contribution is -1.94. The van der Waals surface area contributed by atoms with Crippen molar-refractivity contribution in [3.63, 3.8) is 0 Å². The van der Waals surface area contributed by atoms with E-state index in [1.54, 1.807) is 0 Å². The van der Waals surface area contributed by atoms with Crippen LogP contribution < -0.4 is 0 Å². The Hall–Kier alpha value is -3.12. The van der Waals surface area contributed by atoms with E-state index in [0.29, 0.717) is 5.69 Å². The summed E-state index contributed by atoms with van der Waals surface area (Å²) in [5, 5.41) is 10.6. The Morgan fingerprint density at radius 3 is 2.55 bits per heavy atom.